The molecule has 0 aliphatic heterocycles. The minimum atomic E-state index is -1.33. The second-order valence-corrected chi connectivity index (χ2v) is 8.46. The molecule has 0 heterocycles. The molecule has 0 saturated heterocycles. The number of carbonyl (C=O) groups excluding carboxylic acids is 1. The highest BCUT2D eigenvalue weighted by molar-refractivity contribution is 6.55. The minimum absolute atomic E-state index is 0.00319. The van der Waals surface area contributed by atoms with E-state index < -0.39 is 53.5 Å². The second-order valence-electron chi connectivity index (χ2n) is 7.45. The number of halogens is 5. The van der Waals surface area contributed by atoms with E-state index in [9.17, 15) is 18.0 Å². The number of hydrogen-bond acceptors (Lipinski definition) is 3. The topological polar surface area (TPSA) is 35.5 Å². The van der Waals surface area contributed by atoms with Crippen LogP contribution in [0.5, 0.6) is 0 Å². The predicted molar refractivity (Wildman–Crippen MR) is 101 cm³/mol. The van der Waals surface area contributed by atoms with Gasteiger partial charge in [-0.15, -0.1) is 0 Å². The molecule has 1 aliphatic carbocycles. The molecule has 0 spiro atoms. The van der Waals surface area contributed by atoms with E-state index in [0.29, 0.717) is 6.42 Å². The van der Waals surface area contributed by atoms with Gasteiger partial charge in [-0.3, -0.25) is 4.79 Å². The van der Waals surface area contributed by atoms with E-state index in [2.05, 4.69) is 0 Å². The summed E-state index contributed by atoms with van der Waals surface area (Å²) in [4.78, 5) is 12.4. The van der Waals surface area contributed by atoms with Crippen LogP contribution in [0.2, 0.25) is 0 Å². The molecule has 1 aliphatic rings. The molecule has 2 atom stereocenters. The third-order valence-electron chi connectivity index (χ3n) is 5.23. The first-order chi connectivity index (χ1) is 13.1. The van der Waals surface area contributed by atoms with Gasteiger partial charge in [-0.05, 0) is 29.4 Å². The SMILES string of the molecule is CCCc1c(F)c(COC)c(F)c(F)c1COC(=O)[C@@H]1[C@@H](C=C(Cl)Cl)C1(C)C. The molecule has 0 amide bonds. The maximum Gasteiger partial charge on any atom is 0.310 e. The smallest absolute Gasteiger partial charge is 0.310 e. The van der Waals surface area contributed by atoms with Gasteiger partial charge in [-0.25, -0.2) is 13.2 Å². The van der Waals surface area contributed by atoms with Gasteiger partial charge in [0.2, 0.25) is 0 Å². The monoisotopic (exact) mass is 438 g/mol. The predicted octanol–water partition coefficient (Wildman–Crippen LogP) is 5.84. The summed E-state index contributed by atoms with van der Waals surface area (Å²) in [5, 5.41) is 0. The Kier molecular flexibility index (Phi) is 7.45. The molecule has 0 radical (unpaired) electrons. The number of benzene rings is 1. The van der Waals surface area contributed by atoms with Crippen LogP contribution < -0.4 is 0 Å². The Morgan fingerprint density at radius 1 is 1.07 bits per heavy atom. The lowest BCUT2D eigenvalue weighted by Crippen LogP contribution is -2.15. The van der Waals surface area contributed by atoms with Gasteiger partial charge in [0.15, 0.2) is 11.6 Å². The summed E-state index contributed by atoms with van der Waals surface area (Å²) >= 11 is 11.3. The Labute approximate surface area is 172 Å². The van der Waals surface area contributed by atoms with E-state index in [1.807, 2.05) is 13.8 Å². The quantitative estimate of drug-likeness (QED) is 0.377. The molecule has 0 aromatic heterocycles. The number of esters is 1. The standard InChI is InChI=1S/C20H23Cl2F3O3/c1-5-6-10-11(17(24)18(25)12(8-27-4)16(10)23)9-28-19(26)15-13(7-14(21)22)20(15,2)3/h7,13,15H,5-6,8-9H2,1-4H3/t13-,15+/m1/s1. The van der Waals surface area contributed by atoms with E-state index in [1.54, 1.807) is 13.0 Å². The van der Waals surface area contributed by atoms with Crippen LogP contribution >= 0.6 is 23.2 Å². The lowest BCUT2D eigenvalue weighted by atomic mass is 9.98. The van der Waals surface area contributed by atoms with Gasteiger partial charge >= 0.3 is 5.97 Å². The molecule has 1 fully saturated rings. The normalized spacial score (nSPS) is 20.0. The first-order valence-corrected chi connectivity index (χ1v) is 9.68. The summed E-state index contributed by atoms with van der Waals surface area (Å²) < 4.78 is 53.6. The average Bonchev–Trinajstić information content (AvgIpc) is 3.15. The van der Waals surface area contributed by atoms with Crippen LogP contribution in [0.1, 0.15) is 43.9 Å². The highest BCUT2D eigenvalue weighted by Crippen LogP contribution is 2.60. The summed E-state index contributed by atoms with van der Waals surface area (Å²) in [6, 6.07) is 0. The molecule has 0 N–H and O–H groups in total. The van der Waals surface area contributed by atoms with Gasteiger partial charge in [-0.1, -0.05) is 50.4 Å². The van der Waals surface area contributed by atoms with Crippen LogP contribution in [0.15, 0.2) is 10.6 Å². The highest BCUT2D eigenvalue weighted by Gasteiger charge is 2.61. The fourth-order valence-electron chi connectivity index (χ4n) is 3.55. The fourth-order valence-corrected chi connectivity index (χ4v) is 3.82. The van der Waals surface area contributed by atoms with Gasteiger partial charge in [0.25, 0.3) is 0 Å². The molecule has 1 aromatic rings. The minimum Gasteiger partial charge on any atom is -0.460 e. The van der Waals surface area contributed by atoms with Gasteiger partial charge in [0, 0.05) is 12.7 Å². The van der Waals surface area contributed by atoms with E-state index in [0.717, 1.165) is 0 Å². The molecule has 1 saturated carbocycles. The highest BCUT2D eigenvalue weighted by atomic mass is 35.5. The zero-order valence-electron chi connectivity index (χ0n) is 16.2. The molecular formula is C20H23Cl2F3O3. The van der Waals surface area contributed by atoms with Crippen molar-refractivity contribution in [3.63, 3.8) is 0 Å². The maximum atomic E-state index is 14.7. The summed E-state index contributed by atoms with van der Waals surface area (Å²) in [6.07, 6.45) is 2.23. The third kappa shape index (κ3) is 4.50. The summed E-state index contributed by atoms with van der Waals surface area (Å²) in [5.41, 5.74) is -1.18. The maximum absolute atomic E-state index is 14.7. The van der Waals surface area contributed by atoms with Crippen molar-refractivity contribution in [2.45, 2.75) is 46.8 Å². The van der Waals surface area contributed by atoms with Crippen molar-refractivity contribution in [1.29, 1.82) is 0 Å². The number of allylic oxidation sites excluding steroid dienone is 1. The Bertz CT molecular complexity index is 790. The second kappa shape index (κ2) is 9.06. The van der Waals surface area contributed by atoms with Crippen LogP contribution in [0.3, 0.4) is 0 Å². The summed E-state index contributed by atoms with van der Waals surface area (Å²) in [5.74, 6) is -4.74. The van der Waals surface area contributed by atoms with Crippen molar-refractivity contribution in [3.05, 3.63) is 44.7 Å². The Hall–Kier alpha value is -1.24. The molecule has 3 nitrogen and oxygen atoms in total. The number of rotatable bonds is 8. The molecule has 8 heteroatoms. The van der Waals surface area contributed by atoms with E-state index in [1.165, 1.54) is 7.11 Å². The average molecular weight is 439 g/mol. The first kappa shape index (κ1) is 23.0. The van der Waals surface area contributed by atoms with Crippen molar-refractivity contribution in [2.75, 3.05) is 7.11 Å². The largest absolute Gasteiger partial charge is 0.460 e. The molecule has 2 rings (SSSR count). The van der Waals surface area contributed by atoms with Crippen LogP contribution in [0.4, 0.5) is 13.2 Å². The van der Waals surface area contributed by atoms with E-state index in [4.69, 9.17) is 32.7 Å². The molecule has 0 unspecified atom stereocenters. The van der Waals surface area contributed by atoms with Crippen molar-refractivity contribution < 1.29 is 27.4 Å². The van der Waals surface area contributed by atoms with Gasteiger partial charge in [-0.2, -0.15) is 0 Å². The van der Waals surface area contributed by atoms with Crippen molar-refractivity contribution in [3.8, 4) is 0 Å². The summed E-state index contributed by atoms with van der Waals surface area (Å²) in [7, 11) is 1.27. The van der Waals surface area contributed by atoms with Crippen LogP contribution in [0, 0.1) is 34.7 Å². The van der Waals surface area contributed by atoms with Crippen LogP contribution in [-0.2, 0) is 33.9 Å². The Morgan fingerprint density at radius 3 is 2.21 bits per heavy atom. The number of methoxy groups -OCH3 is 1. The van der Waals surface area contributed by atoms with Crippen molar-refractivity contribution in [2.24, 2.45) is 17.3 Å². The third-order valence-corrected chi connectivity index (χ3v) is 5.49. The van der Waals surface area contributed by atoms with Crippen molar-refractivity contribution >= 4 is 29.2 Å². The fraction of sp³-hybridized carbons (Fsp3) is 0.550. The Balaban J connectivity index is 2.27. The molecule has 28 heavy (non-hydrogen) atoms. The lowest BCUT2D eigenvalue weighted by molar-refractivity contribution is -0.147. The zero-order valence-corrected chi connectivity index (χ0v) is 17.7. The van der Waals surface area contributed by atoms with Crippen molar-refractivity contribution in [1.82, 2.24) is 0 Å². The van der Waals surface area contributed by atoms with E-state index >= 15 is 0 Å². The molecule has 1 aromatic carbocycles. The summed E-state index contributed by atoms with van der Waals surface area (Å²) in [6.45, 7) is 4.52. The van der Waals surface area contributed by atoms with Crippen LogP contribution in [0.25, 0.3) is 0 Å². The van der Waals surface area contributed by atoms with E-state index in [-0.39, 0.29) is 28.0 Å². The zero-order chi connectivity index (χ0) is 21.2. The number of hydrogen-bond donors (Lipinski definition) is 0. The Morgan fingerprint density at radius 2 is 1.68 bits per heavy atom. The van der Waals surface area contributed by atoms with Crippen LogP contribution in [-0.4, -0.2) is 13.1 Å². The van der Waals surface area contributed by atoms with Gasteiger partial charge in [0.05, 0.1) is 18.1 Å². The van der Waals surface area contributed by atoms with Gasteiger partial charge < -0.3 is 9.47 Å². The molecular weight excluding hydrogens is 416 g/mol. The molecule has 0 bridgehead atoms. The molecule has 156 valence electrons. The number of carbonyl (C=O) groups is 1. The first-order valence-electron chi connectivity index (χ1n) is 8.93. The van der Waals surface area contributed by atoms with Gasteiger partial charge in [0.1, 0.15) is 16.9 Å². The number of ether oxygens (including phenoxy) is 2. The lowest BCUT2D eigenvalue weighted by Gasteiger charge is -2.16.